The number of hydrogen-bond acceptors (Lipinski definition) is 3. The molecule has 2 amide bonds. The highest BCUT2D eigenvalue weighted by Crippen LogP contribution is 2.60. The van der Waals surface area contributed by atoms with Gasteiger partial charge in [-0.25, -0.2) is 4.90 Å². The summed E-state index contributed by atoms with van der Waals surface area (Å²) in [7, 11) is 0. The molecule has 0 spiro atoms. The second-order valence-electron chi connectivity index (χ2n) is 6.15. The second-order valence-corrected chi connectivity index (χ2v) is 6.15. The van der Waals surface area contributed by atoms with Crippen molar-refractivity contribution in [3.63, 3.8) is 0 Å². The number of hydrogen-bond donors (Lipinski definition) is 1. The Balaban J connectivity index is 1.82. The van der Waals surface area contributed by atoms with Gasteiger partial charge < -0.3 is 5.11 Å². The average Bonchev–Trinajstić information content (AvgIpc) is 3.03. The van der Waals surface area contributed by atoms with E-state index in [1.165, 1.54) is 17.0 Å². The van der Waals surface area contributed by atoms with Crippen LogP contribution in [0.5, 0.6) is 5.75 Å². The predicted molar refractivity (Wildman–Crippen MR) is 72.9 cm³/mol. The normalized spacial score (nSPS) is 37.9. The summed E-state index contributed by atoms with van der Waals surface area (Å²) in [5.41, 5.74) is -0.142. The fourth-order valence-corrected chi connectivity index (χ4v) is 4.18. The van der Waals surface area contributed by atoms with E-state index in [4.69, 9.17) is 0 Å². The van der Waals surface area contributed by atoms with Gasteiger partial charge in [-0.3, -0.25) is 9.59 Å². The zero-order valence-corrected chi connectivity index (χ0v) is 11.1. The standard InChI is InChI=1S/C16H15NO3/c1-16-10-6-5-9(7-10)13(16)14(19)17(15(16)20)11-3-2-4-12(18)8-11/h2-6,8-10,13,18H,7H2,1H3/t9-,10-,13+,16+/m0/s1. The summed E-state index contributed by atoms with van der Waals surface area (Å²) in [6, 6.07) is 6.33. The molecule has 4 rings (SSSR count). The molecular formula is C16H15NO3. The van der Waals surface area contributed by atoms with E-state index in [2.05, 4.69) is 12.2 Å². The van der Waals surface area contributed by atoms with Crippen molar-refractivity contribution in [1.82, 2.24) is 0 Å². The van der Waals surface area contributed by atoms with Crippen molar-refractivity contribution in [3.05, 3.63) is 36.4 Å². The second kappa shape index (κ2) is 3.51. The fraction of sp³-hybridized carbons (Fsp3) is 0.375. The van der Waals surface area contributed by atoms with E-state index < -0.39 is 5.41 Å². The Morgan fingerprint density at radius 2 is 2.10 bits per heavy atom. The lowest BCUT2D eigenvalue weighted by atomic mass is 9.71. The van der Waals surface area contributed by atoms with Crippen molar-refractivity contribution in [2.24, 2.45) is 23.2 Å². The molecule has 3 aliphatic rings. The summed E-state index contributed by atoms with van der Waals surface area (Å²) in [6.07, 6.45) is 5.07. The SMILES string of the molecule is C[C@]12C(=O)N(c3cccc(O)c3)C(=O)[C@H]1[C@H]1C=C[C@H]2C1. The van der Waals surface area contributed by atoms with Crippen LogP contribution in [0.3, 0.4) is 0 Å². The monoisotopic (exact) mass is 269 g/mol. The van der Waals surface area contributed by atoms with E-state index in [1.807, 2.05) is 6.92 Å². The van der Waals surface area contributed by atoms with Crippen LogP contribution >= 0.6 is 0 Å². The summed E-state index contributed by atoms with van der Waals surface area (Å²) in [5.74, 6) is -0.0892. The number of allylic oxidation sites excluding steroid dienone is 2. The molecule has 0 aromatic heterocycles. The highest BCUT2D eigenvalue weighted by Gasteiger charge is 2.67. The van der Waals surface area contributed by atoms with Gasteiger partial charge in [0.1, 0.15) is 5.75 Å². The van der Waals surface area contributed by atoms with Crippen molar-refractivity contribution in [2.45, 2.75) is 13.3 Å². The number of aromatic hydroxyl groups is 1. The van der Waals surface area contributed by atoms with Crippen molar-refractivity contribution in [1.29, 1.82) is 0 Å². The first-order chi connectivity index (χ1) is 9.53. The topological polar surface area (TPSA) is 57.6 Å². The van der Waals surface area contributed by atoms with Gasteiger partial charge >= 0.3 is 0 Å². The third-order valence-corrected chi connectivity index (χ3v) is 5.20. The lowest BCUT2D eigenvalue weighted by molar-refractivity contribution is -0.127. The largest absolute Gasteiger partial charge is 0.508 e. The van der Waals surface area contributed by atoms with Crippen molar-refractivity contribution in [2.75, 3.05) is 4.90 Å². The van der Waals surface area contributed by atoms with Crippen molar-refractivity contribution < 1.29 is 14.7 Å². The van der Waals surface area contributed by atoms with E-state index in [1.54, 1.807) is 12.1 Å². The van der Waals surface area contributed by atoms with Crippen LogP contribution in [-0.4, -0.2) is 16.9 Å². The fourth-order valence-electron chi connectivity index (χ4n) is 4.18. The lowest BCUT2D eigenvalue weighted by Gasteiger charge is -2.28. The molecule has 1 saturated carbocycles. The molecule has 102 valence electrons. The van der Waals surface area contributed by atoms with Crippen LogP contribution in [0.4, 0.5) is 5.69 Å². The Bertz CT molecular complexity index is 665. The number of phenols is 1. The van der Waals surface area contributed by atoms with Gasteiger partial charge in [-0.05, 0) is 37.3 Å². The van der Waals surface area contributed by atoms with Gasteiger partial charge in [0.05, 0.1) is 17.0 Å². The minimum atomic E-state index is -0.609. The highest BCUT2D eigenvalue weighted by atomic mass is 16.3. The van der Waals surface area contributed by atoms with Crippen LogP contribution in [-0.2, 0) is 9.59 Å². The Hall–Kier alpha value is -2.10. The van der Waals surface area contributed by atoms with Crippen LogP contribution in [0.25, 0.3) is 0 Å². The molecule has 2 aliphatic carbocycles. The Morgan fingerprint density at radius 3 is 2.80 bits per heavy atom. The van der Waals surface area contributed by atoms with E-state index in [9.17, 15) is 14.7 Å². The number of fused-ring (bicyclic) bond motifs is 5. The molecule has 4 nitrogen and oxygen atoms in total. The number of imide groups is 1. The molecule has 1 aliphatic heterocycles. The third-order valence-electron chi connectivity index (χ3n) is 5.20. The zero-order chi connectivity index (χ0) is 14.1. The molecule has 1 aromatic carbocycles. The van der Waals surface area contributed by atoms with Gasteiger partial charge in [-0.1, -0.05) is 18.2 Å². The van der Waals surface area contributed by atoms with Crippen LogP contribution in [0.2, 0.25) is 0 Å². The maximum Gasteiger partial charge on any atom is 0.241 e. The summed E-state index contributed by atoms with van der Waals surface area (Å²) >= 11 is 0. The maximum atomic E-state index is 12.8. The first-order valence-corrected chi connectivity index (χ1v) is 6.89. The number of carbonyl (C=O) groups is 2. The summed E-state index contributed by atoms with van der Waals surface area (Å²) in [6.45, 7) is 1.91. The number of anilines is 1. The zero-order valence-electron chi connectivity index (χ0n) is 11.1. The first kappa shape index (κ1) is 11.7. The molecule has 1 saturated heterocycles. The highest BCUT2D eigenvalue weighted by molar-refractivity contribution is 6.24. The Labute approximate surface area is 116 Å². The number of nitrogens with zero attached hydrogens (tertiary/aromatic N) is 1. The summed E-state index contributed by atoms with van der Waals surface area (Å²) in [4.78, 5) is 26.8. The molecule has 20 heavy (non-hydrogen) atoms. The molecule has 1 N–H and O–H groups in total. The average molecular weight is 269 g/mol. The molecule has 0 unspecified atom stereocenters. The molecule has 4 atom stereocenters. The van der Waals surface area contributed by atoms with Crippen LogP contribution in [0, 0.1) is 23.2 Å². The number of carbonyl (C=O) groups excluding carboxylic acids is 2. The van der Waals surface area contributed by atoms with Gasteiger partial charge in [0.2, 0.25) is 11.8 Å². The van der Waals surface area contributed by atoms with E-state index in [0.717, 1.165) is 6.42 Å². The molecule has 0 radical (unpaired) electrons. The first-order valence-electron chi connectivity index (χ1n) is 6.89. The quantitative estimate of drug-likeness (QED) is 0.627. The summed E-state index contributed by atoms with van der Waals surface area (Å²) < 4.78 is 0. The smallest absolute Gasteiger partial charge is 0.241 e. The lowest BCUT2D eigenvalue weighted by Crippen LogP contribution is -2.37. The van der Waals surface area contributed by atoms with E-state index >= 15 is 0 Å². The Kier molecular flexibility index (Phi) is 2.05. The molecule has 4 heteroatoms. The van der Waals surface area contributed by atoms with Gasteiger partial charge in [0.25, 0.3) is 0 Å². The van der Waals surface area contributed by atoms with Crippen LogP contribution < -0.4 is 4.90 Å². The van der Waals surface area contributed by atoms with E-state index in [0.29, 0.717) is 5.69 Å². The van der Waals surface area contributed by atoms with Gasteiger partial charge in [0.15, 0.2) is 0 Å². The minimum Gasteiger partial charge on any atom is -0.508 e. The summed E-state index contributed by atoms with van der Waals surface area (Å²) in [5, 5.41) is 9.57. The predicted octanol–water partition coefficient (Wildman–Crippen LogP) is 2.09. The minimum absolute atomic E-state index is 0.0615. The molecule has 1 aromatic rings. The van der Waals surface area contributed by atoms with Gasteiger partial charge in [-0.15, -0.1) is 0 Å². The number of phenolic OH excluding ortho intramolecular Hbond substituents is 1. The molecule has 1 heterocycles. The molecule has 2 bridgehead atoms. The van der Waals surface area contributed by atoms with Crippen LogP contribution in [0.15, 0.2) is 36.4 Å². The van der Waals surface area contributed by atoms with Crippen LogP contribution in [0.1, 0.15) is 13.3 Å². The van der Waals surface area contributed by atoms with E-state index in [-0.39, 0.29) is 35.3 Å². The van der Waals surface area contributed by atoms with Crippen molar-refractivity contribution in [3.8, 4) is 5.75 Å². The molecular weight excluding hydrogens is 254 g/mol. The maximum absolute atomic E-state index is 12.8. The van der Waals surface area contributed by atoms with Gasteiger partial charge in [-0.2, -0.15) is 0 Å². The number of amides is 2. The number of benzene rings is 1. The Morgan fingerprint density at radius 1 is 1.30 bits per heavy atom. The van der Waals surface area contributed by atoms with Gasteiger partial charge in [0, 0.05) is 6.07 Å². The number of rotatable bonds is 1. The van der Waals surface area contributed by atoms with Crippen molar-refractivity contribution >= 4 is 17.5 Å². The molecule has 2 fully saturated rings. The third kappa shape index (κ3) is 1.17.